The molecule has 1 aromatic heterocycles. The Balaban J connectivity index is 1.88. The highest BCUT2D eigenvalue weighted by molar-refractivity contribution is 7.89. The third-order valence-corrected chi connectivity index (χ3v) is 5.94. The first-order chi connectivity index (χ1) is 11.0. The van der Waals surface area contributed by atoms with Crippen LogP contribution in [0.2, 0.25) is 0 Å². The van der Waals surface area contributed by atoms with Crippen molar-refractivity contribution in [2.75, 3.05) is 26.2 Å². The van der Waals surface area contributed by atoms with Crippen LogP contribution in [0.3, 0.4) is 0 Å². The van der Waals surface area contributed by atoms with Gasteiger partial charge in [0, 0.05) is 38.4 Å². The molecule has 0 saturated carbocycles. The van der Waals surface area contributed by atoms with Crippen LogP contribution in [0.25, 0.3) is 11.3 Å². The molecule has 0 amide bonds. The molecular weight excluding hydrogens is 312 g/mol. The van der Waals surface area contributed by atoms with Gasteiger partial charge in [-0.1, -0.05) is 12.1 Å². The largest absolute Gasteiger partial charge is 0.314 e. The fraction of sp³-hybridized carbons (Fsp3) is 0.438. The quantitative estimate of drug-likeness (QED) is 0.924. The molecule has 0 spiro atoms. The number of aromatic nitrogens is 2. The van der Waals surface area contributed by atoms with Crippen LogP contribution >= 0.6 is 0 Å². The molecule has 1 aromatic carbocycles. The molecule has 3 rings (SSSR count). The van der Waals surface area contributed by atoms with Crippen LogP contribution in [0.5, 0.6) is 0 Å². The van der Waals surface area contributed by atoms with Gasteiger partial charge in [-0.15, -0.1) is 0 Å². The van der Waals surface area contributed by atoms with E-state index < -0.39 is 10.0 Å². The molecule has 0 radical (unpaired) electrons. The lowest BCUT2D eigenvalue weighted by Gasteiger charge is -2.26. The number of benzene rings is 1. The van der Waals surface area contributed by atoms with Crippen molar-refractivity contribution in [2.45, 2.75) is 24.8 Å². The second-order valence-electron chi connectivity index (χ2n) is 5.93. The first kappa shape index (κ1) is 16.2. The van der Waals surface area contributed by atoms with Gasteiger partial charge < -0.3 is 5.32 Å². The molecule has 1 aliphatic rings. The van der Waals surface area contributed by atoms with Crippen LogP contribution in [0.1, 0.15) is 19.9 Å². The number of rotatable bonds is 4. The SMILES string of the molecule is CC(C)n1nccc1-c1ccc(S(=O)(=O)N2CCNCC2)cc1. The molecule has 1 fully saturated rings. The number of nitrogens with zero attached hydrogens (tertiary/aromatic N) is 3. The highest BCUT2D eigenvalue weighted by Gasteiger charge is 2.25. The van der Waals surface area contributed by atoms with E-state index in [1.165, 1.54) is 4.31 Å². The number of piperazine rings is 1. The summed E-state index contributed by atoms with van der Waals surface area (Å²) in [6, 6.07) is 9.27. The summed E-state index contributed by atoms with van der Waals surface area (Å²) in [4.78, 5) is 0.346. The first-order valence-corrected chi connectivity index (χ1v) is 9.29. The van der Waals surface area contributed by atoms with Crippen LogP contribution in [0.4, 0.5) is 0 Å². The highest BCUT2D eigenvalue weighted by atomic mass is 32.2. The van der Waals surface area contributed by atoms with Crippen molar-refractivity contribution < 1.29 is 8.42 Å². The lowest BCUT2D eigenvalue weighted by atomic mass is 10.1. The molecule has 0 bridgehead atoms. The van der Waals surface area contributed by atoms with Gasteiger partial charge in [0.2, 0.25) is 10.0 Å². The lowest BCUT2D eigenvalue weighted by molar-refractivity contribution is 0.360. The maximum absolute atomic E-state index is 12.6. The molecule has 0 atom stereocenters. The summed E-state index contributed by atoms with van der Waals surface area (Å²) in [5, 5.41) is 7.49. The van der Waals surface area contributed by atoms with Crippen molar-refractivity contribution in [1.29, 1.82) is 0 Å². The lowest BCUT2D eigenvalue weighted by Crippen LogP contribution is -2.46. The Labute approximate surface area is 137 Å². The van der Waals surface area contributed by atoms with Crippen LogP contribution < -0.4 is 5.32 Å². The summed E-state index contributed by atoms with van der Waals surface area (Å²) in [7, 11) is -3.40. The van der Waals surface area contributed by atoms with E-state index >= 15 is 0 Å². The molecular formula is C16H22N4O2S. The Morgan fingerprint density at radius 1 is 1.09 bits per heavy atom. The third-order valence-electron chi connectivity index (χ3n) is 4.02. The van der Waals surface area contributed by atoms with E-state index in [1.807, 2.05) is 22.9 Å². The normalized spacial score (nSPS) is 16.8. The maximum atomic E-state index is 12.6. The van der Waals surface area contributed by atoms with Gasteiger partial charge >= 0.3 is 0 Å². The monoisotopic (exact) mass is 334 g/mol. The second-order valence-corrected chi connectivity index (χ2v) is 7.87. The second kappa shape index (κ2) is 6.43. The Morgan fingerprint density at radius 3 is 2.35 bits per heavy atom. The molecule has 23 heavy (non-hydrogen) atoms. The zero-order chi connectivity index (χ0) is 16.4. The maximum Gasteiger partial charge on any atom is 0.243 e. The van der Waals surface area contributed by atoms with E-state index in [0.29, 0.717) is 31.1 Å². The van der Waals surface area contributed by atoms with Gasteiger partial charge in [0.05, 0.1) is 10.6 Å². The molecule has 1 N–H and O–H groups in total. The van der Waals surface area contributed by atoms with Crippen molar-refractivity contribution in [1.82, 2.24) is 19.4 Å². The van der Waals surface area contributed by atoms with Crippen molar-refractivity contribution in [2.24, 2.45) is 0 Å². The molecule has 2 aromatic rings. The minimum atomic E-state index is -3.40. The third kappa shape index (κ3) is 3.17. The summed E-state index contributed by atoms with van der Waals surface area (Å²) >= 11 is 0. The summed E-state index contributed by atoms with van der Waals surface area (Å²) in [6.07, 6.45) is 1.76. The summed E-state index contributed by atoms with van der Waals surface area (Å²) in [6.45, 7) is 6.57. The molecule has 7 heteroatoms. The summed E-state index contributed by atoms with van der Waals surface area (Å²) in [5.41, 5.74) is 1.96. The fourth-order valence-corrected chi connectivity index (χ4v) is 4.23. The van der Waals surface area contributed by atoms with E-state index in [1.54, 1.807) is 18.3 Å². The van der Waals surface area contributed by atoms with E-state index in [9.17, 15) is 8.42 Å². The van der Waals surface area contributed by atoms with Gasteiger partial charge in [-0.2, -0.15) is 9.40 Å². The Bertz CT molecular complexity index is 760. The Hall–Kier alpha value is -1.70. The van der Waals surface area contributed by atoms with Crippen molar-refractivity contribution in [3.63, 3.8) is 0 Å². The van der Waals surface area contributed by atoms with Crippen LogP contribution in [0, 0.1) is 0 Å². The van der Waals surface area contributed by atoms with Crippen molar-refractivity contribution in [3.05, 3.63) is 36.5 Å². The fourth-order valence-electron chi connectivity index (χ4n) is 2.79. The zero-order valence-corrected chi connectivity index (χ0v) is 14.3. The number of sulfonamides is 1. The van der Waals surface area contributed by atoms with Gasteiger partial charge in [0.15, 0.2) is 0 Å². The smallest absolute Gasteiger partial charge is 0.243 e. The molecule has 1 saturated heterocycles. The van der Waals surface area contributed by atoms with Gasteiger partial charge in [-0.05, 0) is 37.6 Å². The first-order valence-electron chi connectivity index (χ1n) is 7.85. The summed E-state index contributed by atoms with van der Waals surface area (Å²) in [5.74, 6) is 0. The van der Waals surface area contributed by atoms with E-state index in [4.69, 9.17) is 0 Å². The van der Waals surface area contributed by atoms with Gasteiger partial charge in [0.1, 0.15) is 0 Å². The van der Waals surface area contributed by atoms with Crippen molar-refractivity contribution >= 4 is 10.0 Å². The average molecular weight is 334 g/mol. The predicted molar refractivity (Wildman–Crippen MR) is 89.7 cm³/mol. The predicted octanol–water partition coefficient (Wildman–Crippen LogP) is 1.72. The van der Waals surface area contributed by atoms with Gasteiger partial charge in [-0.3, -0.25) is 4.68 Å². The molecule has 1 aliphatic heterocycles. The molecule has 6 nitrogen and oxygen atoms in total. The van der Waals surface area contributed by atoms with E-state index in [0.717, 1.165) is 11.3 Å². The van der Waals surface area contributed by atoms with Crippen LogP contribution in [0.15, 0.2) is 41.4 Å². The number of hydrogen-bond acceptors (Lipinski definition) is 4. The molecule has 124 valence electrons. The topological polar surface area (TPSA) is 67.2 Å². The Kier molecular flexibility index (Phi) is 4.52. The highest BCUT2D eigenvalue weighted by Crippen LogP contribution is 2.24. The standard InChI is InChI=1S/C16H22N4O2S/c1-13(2)20-16(7-8-18-20)14-3-5-15(6-4-14)23(21,22)19-11-9-17-10-12-19/h3-8,13,17H,9-12H2,1-2H3. The van der Waals surface area contributed by atoms with Crippen molar-refractivity contribution in [3.8, 4) is 11.3 Å². The average Bonchev–Trinajstić information content (AvgIpc) is 3.06. The van der Waals surface area contributed by atoms with E-state index in [2.05, 4.69) is 24.3 Å². The van der Waals surface area contributed by atoms with Gasteiger partial charge in [0.25, 0.3) is 0 Å². The zero-order valence-electron chi connectivity index (χ0n) is 13.4. The minimum absolute atomic E-state index is 0.254. The molecule has 2 heterocycles. The molecule has 0 unspecified atom stereocenters. The van der Waals surface area contributed by atoms with Crippen LogP contribution in [-0.4, -0.2) is 48.7 Å². The van der Waals surface area contributed by atoms with Gasteiger partial charge in [-0.25, -0.2) is 8.42 Å². The number of hydrogen-bond donors (Lipinski definition) is 1. The number of nitrogens with one attached hydrogen (secondary N) is 1. The summed E-state index contributed by atoms with van der Waals surface area (Å²) < 4.78 is 28.8. The van der Waals surface area contributed by atoms with Crippen LogP contribution in [-0.2, 0) is 10.0 Å². The van der Waals surface area contributed by atoms with E-state index in [-0.39, 0.29) is 6.04 Å². The minimum Gasteiger partial charge on any atom is -0.314 e. The Morgan fingerprint density at radius 2 is 1.74 bits per heavy atom. The molecule has 0 aliphatic carbocycles.